The van der Waals surface area contributed by atoms with E-state index in [4.69, 9.17) is 4.74 Å². The first-order valence-corrected chi connectivity index (χ1v) is 7.41. The van der Waals surface area contributed by atoms with Gasteiger partial charge in [0.05, 0.1) is 7.11 Å². The van der Waals surface area contributed by atoms with Crippen LogP contribution in [0.5, 0.6) is 6.01 Å². The normalized spacial score (nSPS) is 10.3. The molecular formula is C14H18BrN5O. The van der Waals surface area contributed by atoms with E-state index in [-0.39, 0.29) is 0 Å². The maximum Gasteiger partial charge on any atom is 0.322 e. The number of methoxy groups -OCH3 is 1. The SMILES string of the molecule is CCNc1nc(OC)nc(N(C)Cc2ccccc2Br)n1. The zero-order valence-corrected chi connectivity index (χ0v) is 13.9. The van der Waals surface area contributed by atoms with Crippen molar-refractivity contribution >= 4 is 27.8 Å². The predicted molar refractivity (Wildman–Crippen MR) is 86.8 cm³/mol. The molecule has 0 bridgehead atoms. The summed E-state index contributed by atoms with van der Waals surface area (Å²) in [6, 6.07) is 8.37. The largest absolute Gasteiger partial charge is 0.467 e. The van der Waals surface area contributed by atoms with Crippen LogP contribution >= 0.6 is 15.9 Å². The zero-order chi connectivity index (χ0) is 15.2. The van der Waals surface area contributed by atoms with Crippen LogP contribution in [0.15, 0.2) is 28.7 Å². The summed E-state index contributed by atoms with van der Waals surface area (Å²) in [5.74, 6) is 1.08. The second-order valence-electron chi connectivity index (χ2n) is 4.42. The van der Waals surface area contributed by atoms with Gasteiger partial charge in [-0.15, -0.1) is 0 Å². The standard InChI is InChI=1S/C14H18BrN5O/c1-4-16-12-17-13(19-14(18-12)21-3)20(2)9-10-7-5-6-8-11(10)15/h5-8H,4,9H2,1-3H3,(H,16,17,18,19). The number of anilines is 2. The Morgan fingerprint density at radius 1 is 1.24 bits per heavy atom. The van der Waals surface area contributed by atoms with E-state index in [1.54, 1.807) is 7.11 Å². The molecule has 7 heteroatoms. The van der Waals surface area contributed by atoms with Gasteiger partial charge in [0, 0.05) is 24.6 Å². The predicted octanol–water partition coefficient (Wildman–Crippen LogP) is 2.71. The van der Waals surface area contributed by atoms with E-state index in [1.165, 1.54) is 0 Å². The van der Waals surface area contributed by atoms with E-state index < -0.39 is 0 Å². The van der Waals surface area contributed by atoms with Crippen molar-refractivity contribution in [1.29, 1.82) is 0 Å². The van der Waals surface area contributed by atoms with Crippen LogP contribution in [0.3, 0.4) is 0 Å². The second-order valence-corrected chi connectivity index (χ2v) is 5.28. The summed E-state index contributed by atoms with van der Waals surface area (Å²) >= 11 is 3.55. The minimum atomic E-state index is 0.301. The fourth-order valence-corrected chi connectivity index (χ4v) is 2.21. The Morgan fingerprint density at radius 2 is 2.00 bits per heavy atom. The molecule has 1 aromatic carbocycles. The van der Waals surface area contributed by atoms with E-state index in [2.05, 4.69) is 42.3 Å². The van der Waals surface area contributed by atoms with Crippen molar-refractivity contribution in [3.8, 4) is 6.01 Å². The van der Waals surface area contributed by atoms with Crippen molar-refractivity contribution in [2.24, 2.45) is 0 Å². The highest BCUT2D eigenvalue weighted by atomic mass is 79.9. The molecule has 0 radical (unpaired) electrons. The number of nitrogens with one attached hydrogen (secondary N) is 1. The molecule has 0 aliphatic rings. The fourth-order valence-electron chi connectivity index (χ4n) is 1.80. The van der Waals surface area contributed by atoms with E-state index in [1.807, 2.05) is 37.1 Å². The van der Waals surface area contributed by atoms with Gasteiger partial charge in [0.2, 0.25) is 11.9 Å². The highest BCUT2D eigenvalue weighted by Gasteiger charge is 2.12. The van der Waals surface area contributed by atoms with Crippen LogP contribution in [0, 0.1) is 0 Å². The molecule has 0 fully saturated rings. The summed E-state index contributed by atoms with van der Waals surface area (Å²) in [6.45, 7) is 3.40. The summed E-state index contributed by atoms with van der Waals surface area (Å²) in [4.78, 5) is 14.8. The van der Waals surface area contributed by atoms with E-state index in [9.17, 15) is 0 Å². The monoisotopic (exact) mass is 351 g/mol. The van der Waals surface area contributed by atoms with E-state index in [0.29, 0.717) is 24.5 Å². The van der Waals surface area contributed by atoms with Crippen LogP contribution < -0.4 is 15.0 Å². The molecule has 0 amide bonds. The number of benzene rings is 1. The molecule has 1 N–H and O–H groups in total. The highest BCUT2D eigenvalue weighted by Crippen LogP contribution is 2.20. The molecule has 0 saturated heterocycles. The Morgan fingerprint density at radius 3 is 2.67 bits per heavy atom. The number of aromatic nitrogens is 3. The molecule has 0 aliphatic carbocycles. The van der Waals surface area contributed by atoms with Gasteiger partial charge >= 0.3 is 6.01 Å². The molecule has 0 aliphatic heterocycles. The van der Waals surface area contributed by atoms with E-state index in [0.717, 1.165) is 16.6 Å². The Labute approximate surface area is 132 Å². The minimum Gasteiger partial charge on any atom is -0.467 e. The number of hydrogen-bond acceptors (Lipinski definition) is 6. The van der Waals surface area contributed by atoms with Crippen molar-refractivity contribution in [3.63, 3.8) is 0 Å². The lowest BCUT2D eigenvalue weighted by Gasteiger charge is -2.18. The number of hydrogen-bond donors (Lipinski definition) is 1. The lowest BCUT2D eigenvalue weighted by atomic mass is 10.2. The van der Waals surface area contributed by atoms with Gasteiger partial charge in [0.15, 0.2) is 0 Å². The Balaban J connectivity index is 2.23. The maximum atomic E-state index is 5.13. The number of rotatable bonds is 6. The van der Waals surface area contributed by atoms with Crippen LogP contribution in [0.25, 0.3) is 0 Å². The molecule has 0 spiro atoms. The number of ether oxygens (including phenoxy) is 1. The van der Waals surface area contributed by atoms with Crippen LogP contribution in [0.2, 0.25) is 0 Å². The van der Waals surface area contributed by atoms with Gasteiger partial charge in [-0.05, 0) is 18.6 Å². The minimum absolute atomic E-state index is 0.301. The van der Waals surface area contributed by atoms with Crippen LogP contribution in [-0.2, 0) is 6.54 Å². The number of halogens is 1. The fraction of sp³-hybridized carbons (Fsp3) is 0.357. The molecule has 2 rings (SSSR count). The first-order chi connectivity index (χ1) is 10.1. The van der Waals surface area contributed by atoms with Gasteiger partial charge in [0.25, 0.3) is 0 Å². The smallest absolute Gasteiger partial charge is 0.322 e. The third-order valence-electron chi connectivity index (χ3n) is 2.83. The Kier molecular flexibility index (Phi) is 5.32. The molecule has 6 nitrogen and oxygen atoms in total. The topological polar surface area (TPSA) is 63.2 Å². The van der Waals surface area contributed by atoms with Gasteiger partial charge < -0.3 is 15.0 Å². The van der Waals surface area contributed by atoms with Crippen molar-refractivity contribution in [3.05, 3.63) is 34.3 Å². The average Bonchev–Trinajstić information content (AvgIpc) is 2.49. The molecule has 0 saturated carbocycles. The quantitative estimate of drug-likeness (QED) is 0.863. The molecule has 2 aromatic rings. The van der Waals surface area contributed by atoms with Crippen LogP contribution in [0.4, 0.5) is 11.9 Å². The molecule has 0 atom stereocenters. The van der Waals surface area contributed by atoms with E-state index >= 15 is 0 Å². The van der Waals surface area contributed by atoms with Gasteiger partial charge in [-0.1, -0.05) is 34.1 Å². The lowest BCUT2D eigenvalue weighted by Crippen LogP contribution is -2.21. The van der Waals surface area contributed by atoms with Gasteiger partial charge in [-0.3, -0.25) is 0 Å². The van der Waals surface area contributed by atoms with Crippen molar-refractivity contribution in [2.45, 2.75) is 13.5 Å². The molecule has 21 heavy (non-hydrogen) atoms. The van der Waals surface area contributed by atoms with Crippen LogP contribution in [0.1, 0.15) is 12.5 Å². The summed E-state index contributed by atoms with van der Waals surface area (Å²) in [5.41, 5.74) is 1.16. The highest BCUT2D eigenvalue weighted by molar-refractivity contribution is 9.10. The molecule has 1 aromatic heterocycles. The summed E-state index contributed by atoms with van der Waals surface area (Å²) in [5, 5.41) is 3.07. The third kappa shape index (κ3) is 4.04. The molecular weight excluding hydrogens is 334 g/mol. The number of nitrogens with zero attached hydrogens (tertiary/aromatic N) is 4. The van der Waals surface area contributed by atoms with Crippen molar-refractivity contribution < 1.29 is 4.74 Å². The Hall–Kier alpha value is -1.89. The Bertz CT molecular complexity index is 608. The molecule has 0 unspecified atom stereocenters. The first kappa shape index (κ1) is 15.5. The third-order valence-corrected chi connectivity index (χ3v) is 3.60. The summed E-state index contributed by atoms with van der Waals surface area (Å²) in [7, 11) is 3.48. The molecule has 1 heterocycles. The second kappa shape index (κ2) is 7.21. The van der Waals surface area contributed by atoms with Gasteiger partial charge in [-0.25, -0.2) is 0 Å². The summed E-state index contributed by atoms with van der Waals surface area (Å²) in [6.07, 6.45) is 0. The van der Waals surface area contributed by atoms with Gasteiger partial charge in [0.1, 0.15) is 0 Å². The molecule has 112 valence electrons. The maximum absolute atomic E-state index is 5.13. The van der Waals surface area contributed by atoms with Gasteiger partial charge in [-0.2, -0.15) is 15.0 Å². The lowest BCUT2D eigenvalue weighted by molar-refractivity contribution is 0.379. The van der Waals surface area contributed by atoms with Crippen molar-refractivity contribution in [1.82, 2.24) is 15.0 Å². The van der Waals surface area contributed by atoms with Crippen molar-refractivity contribution in [2.75, 3.05) is 30.9 Å². The zero-order valence-electron chi connectivity index (χ0n) is 12.3. The van der Waals surface area contributed by atoms with Crippen LogP contribution in [-0.4, -0.2) is 35.7 Å². The average molecular weight is 352 g/mol. The summed E-state index contributed by atoms with van der Waals surface area (Å²) < 4.78 is 6.19. The first-order valence-electron chi connectivity index (χ1n) is 6.62.